The summed E-state index contributed by atoms with van der Waals surface area (Å²) >= 11 is 3.26. The van der Waals surface area contributed by atoms with E-state index in [1.165, 1.54) is 31.5 Å². The lowest BCUT2D eigenvalue weighted by molar-refractivity contribution is -0.385. The van der Waals surface area contributed by atoms with E-state index >= 15 is 0 Å². The van der Waals surface area contributed by atoms with Gasteiger partial charge < -0.3 is 14.2 Å². The quantitative estimate of drug-likeness (QED) is 0.179. The van der Waals surface area contributed by atoms with Crippen LogP contribution in [0.1, 0.15) is 28.4 Å². The minimum Gasteiger partial charge on any atom is -0.493 e. The lowest BCUT2D eigenvalue weighted by Gasteiger charge is -2.11. The lowest BCUT2D eigenvalue weighted by Crippen LogP contribution is -2.17. The fourth-order valence-electron chi connectivity index (χ4n) is 3.03. The molecule has 1 N–H and O–H groups in total. The van der Waals surface area contributed by atoms with Crippen molar-refractivity contribution in [1.29, 1.82) is 0 Å². The summed E-state index contributed by atoms with van der Waals surface area (Å²) in [7, 11) is 1.46. The van der Waals surface area contributed by atoms with Crippen LogP contribution in [0.15, 0.2) is 64.2 Å². The van der Waals surface area contributed by atoms with Crippen molar-refractivity contribution in [1.82, 2.24) is 5.43 Å². The molecule has 0 fully saturated rings. The van der Waals surface area contributed by atoms with Crippen LogP contribution in [0.5, 0.6) is 23.0 Å². The summed E-state index contributed by atoms with van der Waals surface area (Å²) in [6.45, 7) is 2.26. The highest BCUT2D eigenvalue weighted by molar-refractivity contribution is 9.10. The van der Waals surface area contributed by atoms with Crippen molar-refractivity contribution < 1.29 is 37.1 Å². The van der Waals surface area contributed by atoms with E-state index in [1.54, 1.807) is 18.2 Å². The Morgan fingerprint density at radius 2 is 1.78 bits per heavy atom. The summed E-state index contributed by atoms with van der Waals surface area (Å²) in [4.78, 5) is 22.7. The van der Waals surface area contributed by atoms with Gasteiger partial charge in [-0.15, -0.1) is 0 Å². The number of nitrogens with one attached hydrogen (secondary N) is 1. The number of carbonyl (C=O) groups is 1. The molecule has 13 heteroatoms. The van der Waals surface area contributed by atoms with Gasteiger partial charge in [-0.3, -0.25) is 14.9 Å². The maximum absolute atomic E-state index is 12.9. The topological polar surface area (TPSA) is 112 Å². The van der Waals surface area contributed by atoms with Crippen LogP contribution >= 0.6 is 15.9 Å². The van der Waals surface area contributed by atoms with Crippen LogP contribution in [0.4, 0.5) is 18.9 Å². The van der Waals surface area contributed by atoms with E-state index < -0.39 is 28.3 Å². The highest BCUT2D eigenvalue weighted by atomic mass is 79.9. The fourth-order valence-corrected chi connectivity index (χ4v) is 3.51. The summed E-state index contributed by atoms with van der Waals surface area (Å²) in [6.07, 6.45) is -3.39. The number of nitrogens with zero attached hydrogens (tertiary/aromatic N) is 2. The van der Waals surface area contributed by atoms with E-state index in [-0.39, 0.29) is 11.5 Å². The first-order valence-electron chi connectivity index (χ1n) is 10.5. The largest absolute Gasteiger partial charge is 0.493 e. The van der Waals surface area contributed by atoms with Gasteiger partial charge in [-0.25, -0.2) is 5.43 Å². The molecule has 0 unspecified atom stereocenters. The van der Waals surface area contributed by atoms with Crippen molar-refractivity contribution in [2.24, 2.45) is 5.10 Å². The standard InChI is InChI=1S/C24H19BrF3N3O6/c1-3-36-21-8-5-15(11-22(21)35-2)23(32)30-29-13-14-4-7-19(17(25)10-14)37-20-9-6-16(24(26,27)28)12-18(20)31(33)34/h4-13H,3H2,1-2H3,(H,30,32)/b29-13+. The molecule has 0 heterocycles. The second kappa shape index (κ2) is 11.7. The number of benzene rings is 3. The predicted molar refractivity (Wildman–Crippen MR) is 132 cm³/mol. The van der Waals surface area contributed by atoms with E-state index in [0.29, 0.717) is 45.8 Å². The number of hydrazone groups is 1. The number of rotatable bonds is 9. The minimum absolute atomic E-state index is 0.116. The van der Waals surface area contributed by atoms with Crippen LogP contribution in [0.2, 0.25) is 0 Å². The Balaban J connectivity index is 1.71. The number of nitro groups is 1. The molecule has 0 aliphatic carbocycles. The van der Waals surface area contributed by atoms with Crippen LogP contribution in [0.3, 0.4) is 0 Å². The molecular weight excluding hydrogens is 563 g/mol. The number of methoxy groups -OCH3 is 1. The van der Waals surface area contributed by atoms with Crippen LogP contribution < -0.4 is 19.6 Å². The third kappa shape index (κ3) is 6.97. The molecule has 0 saturated heterocycles. The predicted octanol–water partition coefficient (Wildman–Crippen LogP) is 6.34. The first-order valence-corrected chi connectivity index (χ1v) is 11.3. The van der Waals surface area contributed by atoms with E-state index in [2.05, 4.69) is 26.5 Å². The van der Waals surface area contributed by atoms with Gasteiger partial charge in [0.05, 0.1) is 34.9 Å². The molecule has 37 heavy (non-hydrogen) atoms. The van der Waals surface area contributed by atoms with E-state index in [4.69, 9.17) is 14.2 Å². The zero-order chi connectivity index (χ0) is 27.2. The number of carbonyl (C=O) groups excluding carboxylic acids is 1. The Hall–Kier alpha value is -4.13. The van der Waals surface area contributed by atoms with Crippen molar-refractivity contribution in [3.8, 4) is 23.0 Å². The third-order valence-corrected chi connectivity index (χ3v) is 5.38. The molecule has 0 radical (unpaired) electrons. The van der Waals surface area contributed by atoms with Crippen LogP contribution in [0.25, 0.3) is 0 Å². The second-order valence-electron chi connectivity index (χ2n) is 7.23. The van der Waals surface area contributed by atoms with Crippen LogP contribution in [-0.2, 0) is 6.18 Å². The number of nitro benzene ring substituents is 1. The average molecular weight is 582 g/mol. The normalized spacial score (nSPS) is 11.3. The molecule has 0 saturated carbocycles. The van der Waals surface area contributed by atoms with Crippen molar-refractivity contribution in [2.45, 2.75) is 13.1 Å². The molecule has 0 spiro atoms. The Bertz CT molecular complexity index is 1350. The molecule has 0 aliphatic rings. The maximum Gasteiger partial charge on any atom is 0.416 e. The number of amides is 1. The molecule has 0 aliphatic heterocycles. The summed E-state index contributed by atoms with van der Waals surface area (Å²) in [5.41, 5.74) is 1.20. The lowest BCUT2D eigenvalue weighted by atomic mass is 10.2. The first-order chi connectivity index (χ1) is 17.5. The van der Waals surface area contributed by atoms with Gasteiger partial charge in [0.2, 0.25) is 5.75 Å². The summed E-state index contributed by atoms with van der Waals surface area (Å²) in [6, 6.07) is 11.2. The third-order valence-electron chi connectivity index (χ3n) is 4.76. The Morgan fingerprint density at radius 3 is 2.41 bits per heavy atom. The molecule has 9 nitrogen and oxygen atoms in total. The molecule has 3 aromatic carbocycles. The summed E-state index contributed by atoms with van der Waals surface area (Å²) in [5, 5.41) is 15.2. The van der Waals surface area contributed by atoms with Gasteiger partial charge in [-0.05, 0) is 76.9 Å². The Kier molecular flexibility index (Phi) is 8.71. The SMILES string of the molecule is CCOc1ccc(C(=O)N/N=C/c2ccc(Oc3ccc(C(F)(F)F)cc3[N+](=O)[O-])c(Br)c2)cc1OC. The molecule has 194 valence electrons. The zero-order valence-electron chi connectivity index (χ0n) is 19.3. The summed E-state index contributed by atoms with van der Waals surface area (Å²) in [5.74, 6) is 0.153. The van der Waals surface area contributed by atoms with Crippen molar-refractivity contribution in [3.05, 3.63) is 85.9 Å². The van der Waals surface area contributed by atoms with E-state index in [9.17, 15) is 28.1 Å². The highest BCUT2D eigenvalue weighted by Crippen LogP contribution is 2.39. The number of halogens is 4. The Labute approximate surface area is 217 Å². The van der Waals surface area contributed by atoms with Gasteiger partial charge in [0, 0.05) is 11.6 Å². The van der Waals surface area contributed by atoms with Gasteiger partial charge in [0.1, 0.15) is 5.75 Å². The zero-order valence-corrected chi connectivity index (χ0v) is 20.9. The molecule has 0 bridgehead atoms. The van der Waals surface area contributed by atoms with E-state index in [1.807, 2.05) is 6.92 Å². The van der Waals surface area contributed by atoms with Crippen molar-refractivity contribution in [2.75, 3.05) is 13.7 Å². The van der Waals surface area contributed by atoms with Crippen molar-refractivity contribution >= 4 is 33.7 Å². The number of hydrogen-bond donors (Lipinski definition) is 1. The molecule has 3 aromatic rings. The maximum atomic E-state index is 12.9. The van der Waals surface area contributed by atoms with Gasteiger partial charge in [-0.2, -0.15) is 18.3 Å². The van der Waals surface area contributed by atoms with Crippen LogP contribution in [0, 0.1) is 10.1 Å². The highest BCUT2D eigenvalue weighted by Gasteiger charge is 2.33. The number of alkyl halides is 3. The minimum atomic E-state index is -4.74. The molecular formula is C24H19BrF3N3O6. The van der Waals surface area contributed by atoms with Gasteiger partial charge in [0.15, 0.2) is 11.5 Å². The van der Waals surface area contributed by atoms with Gasteiger partial charge in [0.25, 0.3) is 5.91 Å². The fraction of sp³-hybridized carbons (Fsp3) is 0.167. The number of hydrogen-bond acceptors (Lipinski definition) is 7. The monoisotopic (exact) mass is 581 g/mol. The smallest absolute Gasteiger partial charge is 0.416 e. The first kappa shape index (κ1) is 27.5. The second-order valence-corrected chi connectivity index (χ2v) is 8.08. The van der Waals surface area contributed by atoms with E-state index in [0.717, 1.165) is 6.07 Å². The molecule has 0 atom stereocenters. The van der Waals surface area contributed by atoms with Gasteiger partial charge >= 0.3 is 11.9 Å². The molecule has 3 rings (SSSR count). The summed E-state index contributed by atoms with van der Waals surface area (Å²) < 4.78 is 55.2. The van der Waals surface area contributed by atoms with Gasteiger partial charge in [-0.1, -0.05) is 0 Å². The average Bonchev–Trinajstić information content (AvgIpc) is 2.85. The molecule has 0 aromatic heterocycles. The number of ether oxygens (including phenoxy) is 3. The van der Waals surface area contributed by atoms with Crippen LogP contribution in [-0.4, -0.2) is 30.8 Å². The van der Waals surface area contributed by atoms with Crippen molar-refractivity contribution in [3.63, 3.8) is 0 Å². The molecule has 1 amide bonds. The Morgan fingerprint density at radius 1 is 1.08 bits per heavy atom.